The average molecular weight is 165 g/mol. The second-order valence-corrected chi connectivity index (χ2v) is 3.39. The predicted octanol–water partition coefficient (Wildman–Crippen LogP) is -0.420. The zero-order valence-corrected chi connectivity index (χ0v) is 6.38. The van der Waals surface area contributed by atoms with Crippen molar-refractivity contribution in [3.05, 3.63) is 0 Å². The summed E-state index contributed by atoms with van der Waals surface area (Å²) < 4.78 is 20.4. The Morgan fingerprint density at radius 1 is 1.60 bits per heavy atom. The predicted molar refractivity (Wildman–Crippen MR) is 37.6 cm³/mol. The summed E-state index contributed by atoms with van der Waals surface area (Å²) in [4.78, 5) is 0. The first-order valence-electron chi connectivity index (χ1n) is 3.24. The van der Waals surface area contributed by atoms with Crippen LogP contribution in [-0.2, 0) is 11.3 Å². The molecule has 0 aromatic carbocycles. The summed E-state index contributed by atoms with van der Waals surface area (Å²) in [7, 11) is 0. The second-order valence-electron chi connectivity index (χ2n) is 2.41. The molecule has 4 nitrogen and oxygen atoms in total. The Kier molecular flexibility index (Phi) is 2.79. The quantitative estimate of drug-likeness (QED) is 0.519. The van der Waals surface area contributed by atoms with Gasteiger partial charge in [-0.25, -0.2) is 4.21 Å². The van der Waals surface area contributed by atoms with Gasteiger partial charge in [0.1, 0.15) is 0 Å². The van der Waals surface area contributed by atoms with Gasteiger partial charge in [0.25, 0.3) is 0 Å². The maximum Gasteiger partial charge on any atom is 0.234 e. The molecule has 1 fully saturated rings. The van der Waals surface area contributed by atoms with Crippen molar-refractivity contribution >= 4 is 11.3 Å². The minimum absolute atomic E-state index is 0.323. The van der Waals surface area contributed by atoms with Crippen LogP contribution in [-0.4, -0.2) is 37.4 Å². The molecule has 0 bridgehead atoms. The van der Waals surface area contributed by atoms with Crippen LogP contribution in [0.5, 0.6) is 0 Å². The van der Waals surface area contributed by atoms with Crippen molar-refractivity contribution in [2.45, 2.75) is 18.9 Å². The highest BCUT2D eigenvalue weighted by atomic mass is 32.2. The van der Waals surface area contributed by atoms with Gasteiger partial charge in [0.2, 0.25) is 11.3 Å². The lowest BCUT2D eigenvalue weighted by atomic mass is 10.1. The number of aliphatic hydroxyl groups is 1. The Hall–Kier alpha value is 0.0300. The van der Waals surface area contributed by atoms with Crippen LogP contribution in [0.3, 0.4) is 0 Å². The molecule has 1 aliphatic heterocycles. The van der Waals surface area contributed by atoms with E-state index < -0.39 is 17.4 Å². The molecular weight excluding hydrogens is 154 g/mol. The monoisotopic (exact) mass is 165 g/mol. The van der Waals surface area contributed by atoms with Gasteiger partial charge >= 0.3 is 0 Å². The van der Waals surface area contributed by atoms with E-state index in [0.29, 0.717) is 13.1 Å². The topological polar surface area (TPSA) is 60.8 Å². The van der Waals surface area contributed by atoms with E-state index in [9.17, 15) is 4.21 Å². The zero-order valence-electron chi connectivity index (χ0n) is 5.56. The third kappa shape index (κ3) is 2.02. The highest BCUT2D eigenvalue weighted by molar-refractivity contribution is 7.76. The number of piperidine rings is 1. The van der Waals surface area contributed by atoms with E-state index in [-0.39, 0.29) is 0 Å². The van der Waals surface area contributed by atoms with Crippen LogP contribution in [0.25, 0.3) is 0 Å². The smallest absolute Gasteiger partial charge is 0.234 e. The fourth-order valence-electron chi connectivity index (χ4n) is 1.06. The molecular formula is C5H11NO3S. The SMILES string of the molecule is O=S(O)N1CCC[C@@H](O)C1. The van der Waals surface area contributed by atoms with E-state index >= 15 is 0 Å². The minimum atomic E-state index is -1.90. The molecule has 1 rings (SSSR count). The highest BCUT2D eigenvalue weighted by Crippen LogP contribution is 2.10. The summed E-state index contributed by atoms with van der Waals surface area (Å²) in [6.45, 7) is 0.934. The maximum absolute atomic E-state index is 10.4. The van der Waals surface area contributed by atoms with E-state index in [2.05, 4.69) is 0 Å². The van der Waals surface area contributed by atoms with Crippen LogP contribution < -0.4 is 0 Å². The normalized spacial score (nSPS) is 32.0. The first kappa shape index (κ1) is 8.13. The second kappa shape index (κ2) is 3.43. The molecule has 0 aromatic heterocycles. The summed E-state index contributed by atoms with van der Waals surface area (Å²) in [5.41, 5.74) is 0. The van der Waals surface area contributed by atoms with Crippen molar-refractivity contribution in [3.8, 4) is 0 Å². The van der Waals surface area contributed by atoms with Crippen molar-refractivity contribution in [1.29, 1.82) is 0 Å². The molecule has 0 saturated carbocycles. The first-order valence-corrected chi connectivity index (χ1v) is 4.30. The number of hydrogen-bond acceptors (Lipinski definition) is 2. The Bertz CT molecular complexity index is 141. The van der Waals surface area contributed by atoms with Gasteiger partial charge < -0.3 is 5.11 Å². The first-order chi connectivity index (χ1) is 4.70. The molecule has 0 aromatic rings. The van der Waals surface area contributed by atoms with E-state index in [1.54, 1.807) is 0 Å². The number of nitrogens with zero attached hydrogens (tertiary/aromatic N) is 1. The van der Waals surface area contributed by atoms with Gasteiger partial charge in [-0.1, -0.05) is 0 Å². The van der Waals surface area contributed by atoms with Gasteiger partial charge in [0, 0.05) is 13.1 Å². The Balaban J connectivity index is 2.39. The van der Waals surface area contributed by atoms with Crippen LogP contribution in [0.1, 0.15) is 12.8 Å². The highest BCUT2D eigenvalue weighted by Gasteiger charge is 2.20. The molecule has 1 aliphatic rings. The molecule has 0 amide bonds. The molecule has 10 heavy (non-hydrogen) atoms. The Labute approximate surface area is 62.3 Å². The van der Waals surface area contributed by atoms with Crippen LogP contribution >= 0.6 is 0 Å². The van der Waals surface area contributed by atoms with E-state index in [1.807, 2.05) is 0 Å². The van der Waals surface area contributed by atoms with Crippen molar-refractivity contribution < 1.29 is 13.9 Å². The van der Waals surface area contributed by atoms with Crippen molar-refractivity contribution in [3.63, 3.8) is 0 Å². The molecule has 0 spiro atoms. The van der Waals surface area contributed by atoms with Gasteiger partial charge in [0.05, 0.1) is 6.10 Å². The molecule has 0 radical (unpaired) electrons. The number of hydrogen-bond donors (Lipinski definition) is 2. The van der Waals surface area contributed by atoms with E-state index in [1.165, 1.54) is 4.31 Å². The summed E-state index contributed by atoms with van der Waals surface area (Å²) >= 11 is -1.90. The molecule has 2 atom stereocenters. The lowest BCUT2D eigenvalue weighted by molar-refractivity contribution is 0.107. The molecule has 2 N–H and O–H groups in total. The van der Waals surface area contributed by atoms with E-state index in [4.69, 9.17) is 9.66 Å². The molecule has 1 saturated heterocycles. The average Bonchev–Trinajstić information content (AvgIpc) is 1.88. The van der Waals surface area contributed by atoms with Crippen LogP contribution in [0.15, 0.2) is 0 Å². The maximum atomic E-state index is 10.4. The molecule has 0 aliphatic carbocycles. The largest absolute Gasteiger partial charge is 0.392 e. The number of rotatable bonds is 1. The minimum Gasteiger partial charge on any atom is -0.392 e. The summed E-state index contributed by atoms with van der Waals surface area (Å²) in [5, 5.41) is 9.04. The molecule has 60 valence electrons. The summed E-state index contributed by atoms with van der Waals surface area (Å²) in [6.07, 6.45) is 1.12. The lowest BCUT2D eigenvalue weighted by Crippen LogP contribution is -2.38. The zero-order chi connectivity index (χ0) is 7.56. The standard InChI is InChI=1S/C5H11NO3S/c7-5-2-1-3-6(4-5)10(8)9/h5,7H,1-4H2,(H,8,9)/t5-/m1/s1. The van der Waals surface area contributed by atoms with Gasteiger partial charge in [-0.2, -0.15) is 4.31 Å². The fourth-order valence-corrected chi connectivity index (χ4v) is 1.65. The van der Waals surface area contributed by atoms with Crippen LogP contribution in [0.4, 0.5) is 0 Å². The summed E-state index contributed by atoms with van der Waals surface area (Å²) in [6, 6.07) is 0. The fraction of sp³-hybridized carbons (Fsp3) is 1.00. The van der Waals surface area contributed by atoms with Gasteiger partial charge in [-0.05, 0) is 12.8 Å². The molecule has 5 heteroatoms. The molecule has 1 unspecified atom stereocenters. The summed E-state index contributed by atoms with van der Waals surface area (Å²) in [5.74, 6) is 0. The molecule has 1 heterocycles. The Morgan fingerprint density at radius 3 is 2.70 bits per heavy atom. The third-order valence-corrected chi connectivity index (χ3v) is 2.35. The van der Waals surface area contributed by atoms with Gasteiger partial charge in [-0.3, -0.25) is 4.55 Å². The number of β-amino-alcohol motifs (C(OH)–C–C–N with tert-alkyl or cyclic N) is 1. The van der Waals surface area contributed by atoms with Crippen molar-refractivity contribution in [2.24, 2.45) is 0 Å². The van der Waals surface area contributed by atoms with Gasteiger partial charge in [0.15, 0.2) is 0 Å². The Morgan fingerprint density at radius 2 is 2.30 bits per heavy atom. The van der Waals surface area contributed by atoms with Crippen molar-refractivity contribution in [1.82, 2.24) is 4.31 Å². The van der Waals surface area contributed by atoms with E-state index in [0.717, 1.165) is 12.8 Å². The number of aliphatic hydroxyl groups excluding tert-OH is 1. The van der Waals surface area contributed by atoms with Crippen LogP contribution in [0, 0.1) is 0 Å². The van der Waals surface area contributed by atoms with Gasteiger partial charge in [-0.15, -0.1) is 0 Å². The lowest BCUT2D eigenvalue weighted by Gasteiger charge is -2.25. The van der Waals surface area contributed by atoms with Crippen molar-refractivity contribution in [2.75, 3.05) is 13.1 Å². The third-order valence-electron chi connectivity index (χ3n) is 1.58. The van der Waals surface area contributed by atoms with Crippen LogP contribution in [0.2, 0.25) is 0 Å².